The van der Waals surface area contributed by atoms with Crippen LogP contribution in [0.1, 0.15) is 5.71 Å². The Labute approximate surface area is 255 Å². The van der Waals surface area contributed by atoms with E-state index in [1.165, 1.54) is 0 Å². The molecule has 0 aromatic carbocycles. The van der Waals surface area contributed by atoms with E-state index in [-0.39, 0.29) is 207 Å². The Kier molecular flexibility index (Phi) is 64.6. The van der Waals surface area contributed by atoms with Crippen molar-refractivity contribution in [2.75, 3.05) is 0 Å². The van der Waals surface area contributed by atoms with Gasteiger partial charge in [0.2, 0.25) is 0 Å². The van der Waals surface area contributed by atoms with Crippen molar-refractivity contribution in [3.05, 3.63) is 0 Å². The van der Waals surface area contributed by atoms with E-state index in [1.54, 1.807) is 0 Å². The van der Waals surface area contributed by atoms with Gasteiger partial charge in [-0.3, -0.25) is 16.8 Å². The summed E-state index contributed by atoms with van der Waals surface area (Å²) < 4.78 is 68.2. The third-order valence-corrected chi connectivity index (χ3v) is 0. The second-order valence-corrected chi connectivity index (χ2v) is 2.45. The first-order valence-corrected chi connectivity index (χ1v) is 4.00. The number of hydrogen-bond donors (Lipinski definition) is 0. The summed E-state index contributed by atoms with van der Waals surface area (Å²) in [6.45, 7) is 0. The summed E-state index contributed by atoms with van der Waals surface area (Å²) in [6.07, 6.45) is 0. The number of hydrogen-bond acceptors (Lipinski definition) is 8. The first-order valence-electron chi connectivity index (χ1n) is 1.33. The first-order chi connectivity index (χ1) is 4.00. The third-order valence-electron chi connectivity index (χ3n) is 0. The average Bonchev–Trinajstić information content (AvgIpc) is 1.12. The fraction of sp³-hybridized carbons (Fsp3) is 0. The minimum atomic E-state index is -5.17. The molecule has 0 saturated heterocycles. The van der Waals surface area contributed by atoms with E-state index < -0.39 is 20.8 Å². The molecule has 8 nitrogen and oxygen atoms in total. The van der Waals surface area contributed by atoms with Gasteiger partial charge in [0.1, 0.15) is 0 Å². The maximum atomic E-state index is 8.52. The molecule has 0 spiro atoms. The zero-order valence-electron chi connectivity index (χ0n) is 12.2. The quantitative estimate of drug-likeness (QED) is 0.228. The molecule has 72 valence electrons. The third kappa shape index (κ3) is 171. The summed E-state index contributed by atoms with van der Waals surface area (Å²) in [4.78, 5) is 0. The molecule has 0 fully saturated rings. The minimum absolute atomic E-state index is 0. The molecule has 0 saturated carbocycles. The van der Waals surface area contributed by atoms with Crippen LogP contribution in [0.5, 0.6) is 0 Å². The van der Waals surface area contributed by atoms with Gasteiger partial charge < -0.3 is 23.9 Å². The van der Waals surface area contributed by atoms with E-state index >= 15 is 0 Å². The summed E-state index contributed by atoms with van der Waals surface area (Å²) in [5, 5.41) is 0. The van der Waals surface area contributed by atoms with Crippen molar-refractivity contribution in [1.82, 2.24) is 0 Å². The van der Waals surface area contributed by atoms with Crippen LogP contribution in [-0.4, -0.2) is 134 Å². The molecular formula is H4Ca2K2MgO8S2. The van der Waals surface area contributed by atoms with E-state index in [4.69, 9.17) is 35.0 Å². The molecule has 0 rings (SSSR count). The van der Waals surface area contributed by atoms with Gasteiger partial charge in [0.05, 0.1) is 0 Å². The van der Waals surface area contributed by atoms with Gasteiger partial charge in [0.25, 0.3) is 0 Å². The largest absolute Gasteiger partial charge is 2.00 e. The van der Waals surface area contributed by atoms with E-state index in [9.17, 15) is 0 Å². The molecular weight excluding hydrogens is 375 g/mol. The monoisotopic (exact) mass is 378 g/mol. The van der Waals surface area contributed by atoms with Gasteiger partial charge in [-0.1, -0.05) is 0 Å². The predicted octanol–water partition coefficient (Wildman–Crippen LogP) is -9.36. The molecule has 0 bridgehead atoms. The Balaban J connectivity index is -0.00000000508. The molecule has 0 aliphatic rings. The van der Waals surface area contributed by atoms with Gasteiger partial charge in [0, 0.05) is 20.8 Å². The topological polar surface area (TPSA) is 161 Å². The van der Waals surface area contributed by atoms with Gasteiger partial charge >= 0.3 is 201 Å². The van der Waals surface area contributed by atoms with Crippen LogP contribution >= 0.6 is 0 Å². The van der Waals surface area contributed by atoms with Crippen LogP contribution in [0.2, 0.25) is 0 Å². The molecule has 0 aromatic heterocycles. The number of rotatable bonds is 0. The van der Waals surface area contributed by atoms with Gasteiger partial charge in [-0.2, -0.15) is 0 Å². The second-order valence-electron chi connectivity index (χ2n) is 0.816. The molecule has 15 heavy (non-hydrogen) atoms. The van der Waals surface area contributed by atoms with Crippen LogP contribution in [-0.2, 0) is 20.8 Å². The summed E-state index contributed by atoms with van der Waals surface area (Å²) >= 11 is 0. The van der Waals surface area contributed by atoms with Crippen LogP contribution < -0.4 is 103 Å². The second kappa shape index (κ2) is 22.6. The minimum Gasteiger partial charge on any atom is -1.00 e. The van der Waals surface area contributed by atoms with E-state index in [0.29, 0.717) is 0 Å². The predicted molar refractivity (Wildman–Crippen MR) is 42.7 cm³/mol. The van der Waals surface area contributed by atoms with Crippen LogP contribution in [0.3, 0.4) is 0 Å². The van der Waals surface area contributed by atoms with Crippen molar-refractivity contribution in [1.29, 1.82) is 0 Å². The Hall–Kier alpha value is 6.30. The fourth-order valence-electron chi connectivity index (χ4n) is 0. The van der Waals surface area contributed by atoms with Gasteiger partial charge in [-0.05, 0) is 0 Å². The molecule has 0 aliphatic carbocycles. The Morgan fingerprint density at radius 2 is 0.667 bits per heavy atom. The fourth-order valence-corrected chi connectivity index (χ4v) is 0. The van der Waals surface area contributed by atoms with E-state index in [2.05, 4.69) is 0 Å². The summed E-state index contributed by atoms with van der Waals surface area (Å²) in [5.41, 5.74) is 0. The molecule has 0 aliphatic heterocycles. The van der Waals surface area contributed by atoms with Gasteiger partial charge in [-0.25, -0.2) is 0 Å². The van der Waals surface area contributed by atoms with Crippen molar-refractivity contribution in [3.63, 3.8) is 0 Å². The molecule has 0 N–H and O–H groups in total. The van der Waals surface area contributed by atoms with Crippen LogP contribution in [0, 0.1) is 0 Å². The molecule has 0 radical (unpaired) electrons. The Morgan fingerprint density at radius 3 is 0.667 bits per heavy atom. The van der Waals surface area contributed by atoms with Crippen molar-refractivity contribution >= 4 is 119 Å². The maximum absolute atomic E-state index is 8.52. The summed E-state index contributed by atoms with van der Waals surface area (Å²) in [7, 11) is -10.3. The van der Waals surface area contributed by atoms with Crippen molar-refractivity contribution in [3.8, 4) is 0 Å². The van der Waals surface area contributed by atoms with E-state index in [0.717, 1.165) is 0 Å². The molecule has 0 heterocycles. The summed E-state index contributed by atoms with van der Waals surface area (Å²) in [6, 6.07) is 0. The SMILES string of the molecule is O=S(=O)([O-])[O-].O=S(=O)([O-])[O-].[Ca+2].[Ca+2].[H-].[H-].[H-].[H-].[K+].[K+].[Mg+2]. The normalized spacial score (nSPS) is 7.73. The van der Waals surface area contributed by atoms with Crippen LogP contribution in [0.15, 0.2) is 0 Å². The van der Waals surface area contributed by atoms with Crippen molar-refractivity contribution in [2.45, 2.75) is 0 Å². The standard InChI is InChI=1S/2Ca.2K.Mg.2H2O4S.4H/c;;;;;2*1-5(2,3)4;;;;/h;;;;;2*(H2,1,2,3,4);;;;/q2*+2;2*+1;+2;;;4*-1/p-4. The molecule has 0 unspecified atom stereocenters. The zero-order chi connectivity index (χ0) is 9.00. The van der Waals surface area contributed by atoms with Gasteiger partial charge in [-0.15, -0.1) is 0 Å². The first kappa shape index (κ1) is 42.9. The Morgan fingerprint density at radius 1 is 0.667 bits per heavy atom. The smallest absolute Gasteiger partial charge is 1.00 e. The van der Waals surface area contributed by atoms with E-state index in [1.807, 2.05) is 0 Å². The average molecular weight is 379 g/mol. The summed E-state index contributed by atoms with van der Waals surface area (Å²) in [5.74, 6) is 0. The molecule has 0 aromatic rings. The zero-order valence-corrected chi connectivity index (χ0v) is 21.9. The maximum Gasteiger partial charge on any atom is 2.00 e. The molecule has 15 heteroatoms. The molecule has 0 atom stereocenters. The van der Waals surface area contributed by atoms with Crippen molar-refractivity contribution in [2.24, 2.45) is 0 Å². The molecule has 0 amide bonds. The van der Waals surface area contributed by atoms with Crippen LogP contribution in [0.4, 0.5) is 0 Å². The van der Waals surface area contributed by atoms with Crippen LogP contribution in [0.25, 0.3) is 0 Å². The van der Waals surface area contributed by atoms with Crippen molar-refractivity contribution < 1.29 is 144 Å². The van der Waals surface area contributed by atoms with Gasteiger partial charge in [0.15, 0.2) is 0 Å². The Bertz CT molecular complexity index is 239.